The van der Waals surface area contributed by atoms with E-state index in [4.69, 9.17) is 4.74 Å². The first kappa shape index (κ1) is 23.4. The molecule has 0 aliphatic carbocycles. The SMILES string of the molecule is CC(C)S(=O)(=O)c1ccccc1Nc1nc(Nc2ccc(N3CCOCC3)cn2)ncc1Br. The lowest BCUT2D eigenvalue weighted by molar-refractivity contribution is 0.122. The molecule has 0 saturated carbocycles. The fourth-order valence-corrected chi connectivity index (χ4v) is 4.79. The number of hydrogen-bond acceptors (Lipinski definition) is 9. The van der Waals surface area contributed by atoms with E-state index in [0.29, 0.717) is 41.0 Å². The summed E-state index contributed by atoms with van der Waals surface area (Å²) in [5, 5.41) is 5.68. The van der Waals surface area contributed by atoms with Gasteiger partial charge in [-0.2, -0.15) is 4.98 Å². The van der Waals surface area contributed by atoms with Crippen molar-refractivity contribution in [3.63, 3.8) is 0 Å². The van der Waals surface area contributed by atoms with Gasteiger partial charge in [-0.25, -0.2) is 18.4 Å². The lowest BCUT2D eigenvalue weighted by Gasteiger charge is -2.28. The van der Waals surface area contributed by atoms with Gasteiger partial charge in [-0.05, 0) is 54.0 Å². The van der Waals surface area contributed by atoms with Gasteiger partial charge in [-0.3, -0.25) is 0 Å². The fraction of sp³-hybridized carbons (Fsp3) is 0.318. The molecule has 1 aliphatic heterocycles. The number of pyridine rings is 1. The van der Waals surface area contributed by atoms with E-state index in [9.17, 15) is 8.42 Å². The van der Waals surface area contributed by atoms with E-state index < -0.39 is 15.1 Å². The predicted molar refractivity (Wildman–Crippen MR) is 132 cm³/mol. The molecular weight excluding hydrogens is 508 g/mol. The summed E-state index contributed by atoms with van der Waals surface area (Å²) in [4.78, 5) is 15.7. The number of halogens is 1. The van der Waals surface area contributed by atoms with Gasteiger partial charge in [0.25, 0.3) is 0 Å². The zero-order chi connectivity index (χ0) is 23.4. The normalized spacial score (nSPS) is 14.4. The molecule has 1 saturated heterocycles. The molecule has 9 nitrogen and oxygen atoms in total. The number of nitrogens with zero attached hydrogens (tertiary/aromatic N) is 4. The van der Waals surface area contributed by atoms with E-state index in [1.54, 1.807) is 50.5 Å². The molecular formula is C22H25BrN6O3S. The van der Waals surface area contributed by atoms with Gasteiger partial charge in [0.1, 0.15) is 11.6 Å². The molecule has 1 aromatic carbocycles. The quantitative estimate of drug-likeness (QED) is 0.463. The Labute approximate surface area is 201 Å². The topological polar surface area (TPSA) is 109 Å². The number of aromatic nitrogens is 3. The maximum absolute atomic E-state index is 12.8. The first-order valence-corrected chi connectivity index (χ1v) is 12.9. The summed E-state index contributed by atoms with van der Waals surface area (Å²) in [7, 11) is -3.47. The van der Waals surface area contributed by atoms with Crippen LogP contribution >= 0.6 is 15.9 Å². The molecule has 3 aromatic rings. The van der Waals surface area contributed by atoms with Crippen LogP contribution in [0.25, 0.3) is 0 Å². The van der Waals surface area contributed by atoms with Crippen LogP contribution in [0.3, 0.4) is 0 Å². The molecule has 0 amide bonds. The Bertz CT molecular complexity index is 1220. The van der Waals surface area contributed by atoms with Crippen LogP contribution in [-0.2, 0) is 14.6 Å². The van der Waals surface area contributed by atoms with Gasteiger partial charge in [0.2, 0.25) is 5.95 Å². The van der Waals surface area contributed by atoms with Crippen molar-refractivity contribution in [2.75, 3.05) is 41.8 Å². The van der Waals surface area contributed by atoms with E-state index >= 15 is 0 Å². The number of para-hydroxylation sites is 1. The predicted octanol–water partition coefficient (Wildman–Crippen LogP) is 4.14. The number of rotatable bonds is 7. The molecule has 11 heteroatoms. The molecule has 0 spiro atoms. The molecule has 1 fully saturated rings. The Morgan fingerprint density at radius 3 is 2.48 bits per heavy atom. The summed E-state index contributed by atoms with van der Waals surface area (Å²) in [5.41, 5.74) is 1.48. The minimum atomic E-state index is -3.47. The fourth-order valence-electron chi connectivity index (χ4n) is 3.30. The average molecular weight is 533 g/mol. The van der Waals surface area contributed by atoms with Crippen LogP contribution in [0.2, 0.25) is 0 Å². The Balaban J connectivity index is 1.54. The molecule has 2 N–H and O–H groups in total. The minimum Gasteiger partial charge on any atom is -0.378 e. The molecule has 0 unspecified atom stereocenters. The summed E-state index contributed by atoms with van der Waals surface area (Å²) in [6, 6.07) is 10.6. The zero-order valence-corrected chi connectivity index (χ0v) is 20.7. The van der Waals surface area contributed by atoms with Crippen LogP contribution in [-0.4, -0.2) is 54.9 Å². The molecule has 2 aromatic heterocycles. The van der Waals surface area contributed by atoms with E-state index in [0.717, 1.165) is 18.8 Å². The van der Waals surface area contributed by atoms with E-state index in [-0.39, 0.29) is 4.90 Å². The average Bonchev–Trinajstić information content (AvgIpc) is 2.82. The Hall–Kier alpha value is -2.76. The number of morpholine rings is 1. The molecule has 0 atom stereocenters. The summed E-state index contributed by atoms with van der Waals surface area (Å²) in [6.45, 7) is 6.42. The smallest absolute Gasteiger partial charge is 0.230 e. The number of ether oxygens (including phenoxy) is 1. The highest BCUT2D eigenvalue weighted by Gasteiger charge is 2.23. The largest absolute Gasteiger partial charge is 0.378 e. The van der Waals surface area contributed by atoms with Crippen LogP contribution in [0.1, 0.15) is 13.8 Å². The van der Waals surface area contributed by atoms with Crippen LogP contribution in [0.15, 0.2) is 58.2 Å². The molecule has 0 radical (unpaired) electrons. The lowest BCUT2D eigenvalue weighted by Crippen LogP contribution is -2.36. The maximum Gasteiger partial charge on any atom is 0.230 e. The van der Waals surface area contributed by atoms with Gasteiger partial charge in [0.15, 0.2) is 9.84 Å². The zero-order valence-electron chi connectivity index (χ0n) is 18.3. The van der Waals surface area contributed by atoms with Crippen molar-refractivity contribution in [3.8, 4) is 0 Å². The van der Waals surface area contributed by atoms with Crippen molar-refractivity contribution in [3.05, 3.63) is 53.3 Å². The Morgan fingerprint density at radius 1 is 1.03 bits per heavy atom. The number of nitrogens with one attached hydrogen (secondary N) is 2. The molecule has 1 aliphatic rings. The van der Waals surface area contributed by atoms with E-state index in [2.05, 4.69) is 46.4 Å². The summed E-state index contributed by atoms with van der Waals surface area (Å²) >= 11 is 3.43. The second-order valence-electron chi connectivity index (χ2n) is 7.73. The van der Waals surface area contributed by atoms with Crippen LogP contribution in [0.4, 0.5) is 29.0 Å². The first-order chi connectivity index (χ1) is 15.8. The van der Waals surface area contributed by atoms with Gasteiger partial charge in [0, 0.05) is 19.3 Å². The van der Waals surface area contributed by atoms with Crippen LogP contribution < -0.4 is 15.5 Å². The summed E-state index contributed by atoms with van der Waals surface area (Å²) < 4.78 is 31.5. The second kappa shape index (κ2) is 10.0. The standard InChI is InChI=1S/C22H25BrN6O3S/c1-15(2)33(30,31)19-6-4-3-5-18(19)26-21-17(23)14-25-22(28-21)27-20-8-7-16(13-24-20)29-9-11-32-12-10-29/h3-8,13-15H,9-12H2,1-2H3,(H2,24,25,26,27,28). The second-order valence-corrected chi connectivity index (χ2v) is 11.1. The third kappa shape index (κ3) is 5.43. The van der Waals surface area contributed by atoms with Crippen molar-refractivity contribution in [2.24, 2.45) is 0 Å². The third-order valence-corrected chi connectivity index (χ3v) is 7.97. The first-order valence-electron chi connectivity index (χ1n) is 10.5. The van der Waals surface area contributed by atoms with Gasteiger partial charge >= 0.3 is 0 Å². The van der Waals surface area contributed by atoms with Crippen LogP contribution in [0.5, 0.6) is 0 Å². The molecule has 3 heterocycles. The van der Waals surface area contributed by atoms with E-state index in [1.165, 1.54) is 0 Å². The van der Waals surface area contributed by atoms with Crippen molar-refractivity contribution < 1.29 is 13.2 Å². The number of sulfone groups is 1. The van der Waals surface area contributed by atoms with Gasteiger partial charge in [-0.15, -0.1) is 0 Å². The summed E-state index contributed by atoms with van der Waals surface area (Å²) in [5.74, 6) is 1.36. The molecule has 174 valence electrons. The Kier molecular flexibility index (Phi) is 7.11. The maximum atomic E-state index is 12.8. The molecule has 0 bridgehead atoms. The van der Waals surface area contributed by atoms with Crippen molar-refractivity contribution in [1.29, 1.82) is 0 Å². The van der Waals surface area contributed by atoms with Crippen molar-refractivity contribution in [2.45, 2.75) is 24.0 Å². The number of anilines is 5. The minimum absolute atomic E-state index is 0.223. The van der Waals surface area contributed by atoms with Gasteiger partial charge < -0.3 is 20.3 Å². The third-order valence-electron chi connectivity index (χ3n) is 5.18. The molecule has 4 rings (SSSR count). The van der Waals surface area contributed by atoms with Crippen molar-refractivity contribution >= 4 is 54.7 Å². The highest BCUT2D eigenvalue weighted by atomic mass is 79.9. The lowest BCUT2D eigenvalue weighted by atomic mass is 10.3. The van der Waals surface area contributed by atoms with Gasteiger partial charge in [0.05, 0.1) is 45.4 Å². The summed E-state index contributed by atoms with van der Waals surface area (Å²) in [6.07, 6.45) is 3.40. The van der Waals surface area contributed by atoms with E-state index in [1.807, 2.05) is 12.1 Å². The Morgan fingerprint density at radius 2 is 1.79 bits per heavy atom. The highest BCUT2D eigenvalue weighted by Crippen LogP contribution is 2.30. The number of benzene rings is 1. The van der Waals surface area contributed by atoms with Crippen molar-refractivity contribution in [1.82, 2.24) is 15.0 Å². The number of hydrogen-bond donors (Lipinski definition) is 2. The molecule has 33 heavy (non-hydrogen) atoms. The monoisotopic (exact) mass is 532 g/mol. The van der Waals surface area contributed by atoms with Gasteiger partial charge in [-0.1, -0.05) is 12.1 Å². The van der Waals surface area contributed by atoms with Crippen LogP contribution in [0, 0.1) is 0 Å². The highest BCUT2D eigenvalue weighted by molar-refractivity contribution is 9.10.